The first-order valence-electron chi connectivity index (χ1n) is 12.7. The van der Waals surface area contributed by atoms with Crippen molar-refractivity contribution in [2.24, 2.45) is 0 Å². The van der Waals surface area contributed by atoms with Crippen molar-refractivity contribution in [1.82, 2.24) is 9.62 Å². The maximum absolute atomic E-state index is 13.1. The SMILES string of the molecule is Cc1ccc(C)c(NS(=O)(=O)c2cc(C(=O)NCCOc3ccc(S(=O)(=O)N4CCCC4)cc3)ccc2C)c1. The van der Waals surface area contributed by atoms with E-state index in [0.29, 0.717) is 30.1 Å². The number of amides is 1. The summed E-state index contributed by atoms with van der Waals surface area (Å²) in [4.78, 5) is 13.0. The normalized spacial score (nSPS) is 14.2. The zero-order chi connectivity index (χ0) is 28.2. The molecule has 1 aliphatic heterocycles. The predicted octanol–water partition coefficient (Wildman–Crippen LogP) is 4.01. The highest BCUT2D eigenvalue weighted by Crippen LogP contribution is 2.25. The second kappa shape index (κ2) is 11.8. The average Bonchev–Trinajstić information content (AvgIpc) is 3.45. The van der Waals surface area contributed by atoms with Crippen LogP contribution >= 0.6 is 0 Å². The zero-order valence-electron chi connectivity index (χ0n) is 22.2. The minimum Gasteiger partial charge on any atom is -0.492 e. The van der Waals surface area contributed by atoms with Gasteiger partial charge in [0.25, 0.3) is 15.9 Å². The van der Waals surface area contributed by atoms with Gasteiger partial charge in [-0.3, -0.25) is 9.52 Å². The van der Waals surface area contributed by atoms with Gasteiger partial charge in [0.15, 0.2) is 0 Å². The maximum atomic E-state index is 13.1. The Morgan fingerprint density at radius 1 is 0.872 bits per heavy atom. The van der Waals surface area contributed by atoms with Gasteiger partial charge in [0.1, 0.15) is 12.4 Å². The third-order valence-electron chi connectivity index (χ3n) is 6.56. The summed E-state index contributed by atoms with van der Waals surface area (Å²) >= 11 is 0. The molecular weight excluding hydrogens is 538 g/mol. The van der Waals surface area contributed by atoms with E-state index in [1.165, 1.54) is 22.5 Å². The average molecular weight is 572 g/mol. The van der Waals surface area contributed by atoms with Crippen molar-refractivity contribution in [3.8, 4) is 5.75 Å². The lowest BCUT2D eigenvalue weighted by Crippen LogP contribution is -2.28. The molecule has 0 aliphatic carbocycles. The molecule has 4 rings (SSSR count). The van der Waals surface area contributed by atoms with Gasteiger partial charge in [0.2, 0.25) is 10.0 Å². The first-order valence-corrected chi connectivity index (χ1v) is 15.6. The van der Waals surface area contributed by atoms with Crippen LogP contribution in [0.5, 0.6) is 5.75 Å². The standard InChI is InChI=1S/C28H33N3O6S2/c1-20-6-7-21(2)26(18-20)30-38(33,34)27-19-23(9-8-22(27)3)28(32)29-14-17-37-24-10-12-25(13-11-24)39(35,36)31-15-4-5-16-31/h6-13,18-19,30H,4-5,14-17H2,1-3H3,(H,29,32). The number of sulfonamides is 2. The highest BCUT2D eigenvalue weighted by atomic mass is 32.2. The van der Waals surface area contributed by atoms with Gasteiger partial charge in [-0.15, -0.1) is 0 Å². The van der Waals surface area contributed by atoms with Crippen molar-refractivity contribution in [1.29, 1.82) is 0 Å². The highest BCUT2D eigenvalue weighted by molar-refractivity contribution is 7.92. The molecule has 1 amide bonds. The van der Waals surface area contributed by atoms with E-state index in [4.69, 9.17) is 4.74 Å². The van der Waals surface area contributed by atoms with E-state index in [9.17, 15) is 21.6 Å². The summed E-state index contributed by atoms with van der Waals surface area (Å²) < 4.78 is 61.3. The number of ether oxygens (including phenoxy) is 1. The van der Waals surface area contributed by atoms with E-state index < -0.39 is 26.0 Å². The van der Waals surface area contributed by atoms with Gasteiger partial charge in [-0.25, -0.2) is 16.8 Å². The fourth-order valence-electron chi connectivity index (χ4n) is 4.30. The molecule has 0 atom stereocenters. The Bertz CT molecular complexity index is 1560. The largest absolute Gasteiger partial charge is 0.492 e. The molecule has 1 heterocycles. The first-order chi connectivity index (χ1) is 18.5. The predicted molar refractivity (Wildman–Crippen MR) is 150 cm³/mol. The van der Waals surface area contributed by atoms with Crippen LogP contribution in [0.2, 0.25) is 0 Å². The third-order valence-corrected chi connectivity index (χ3v) is 9.98. The summed E-state index contributed by atoms with van der Waals surface area (Å²) in [6.45, 7) is 6.77. The van der Waals surface area contributed by atoms with E-state index in [1.807, 2.05) is 26.0 Å². The Morgan fingerprint density at radius 2 is 1.54 bits per heavy atom. The second-order valence-electron chi connectivity index (χ2n) is 9.59. The quantitative estimate of drug-likeness (QED) is 0.355. The van der Waals surface area contributed by atoms with Crippen molar-refractivity contribution in [2.75, 3.05) is 31.0 Å². The molecule has 1 fully saturated rings. The summed E-state index contributed by atoms with van der Waals surface area (Å²) in [5.74, 6) is 0.0414. The molecule has 3 aromatic carbocycles. The Kier molecular flexibility index (Phi) is 8.63. The molecular formula is C28H33N3O6S2. The number of anilines is 1. The molecule has 0 saturated carbocycles. The Hall–Kier alpha value is -3.41. The number of hydrogen-bond acceptors (Lipinski definition) is 6. The van der Waals surface area contributed by atoms with Crippen molar-refractivity contribution in [3.63, 3.8) is 0 Å². The van der Waals surface area contributed by atoms with Gasteiger partial charge in [0, 0.05) is 18.7 Å². The van der Waals surface area contributed by atoms with Crippen molar-refractivity contribution < 1.29 is 26.4 Å². The fraction of sp³-hybridized carbons (Fsp3) is 0.321. The maximum Gasteiger partial charge on any atom is 0.262 e. The van der Waals surface area contributed by atoms with Crippen LogP contribution in [0.25, 0.3) is 0 Å². The van der Waals surface area contributed by atoms with Gasteiger partial charge in [-0.1, -0.05) is 18.2 Å². The molecule has 0 spiro atoms. The minimum absolute atomic E-state index is 0.0243. The van der Waals surface area contributed by atoms with E-state index in [1.54, 1.807) is 37.3 Å². The van der Waals surface area contributed by atoms with Crippen LogP contribution in [0.15, 0.2) is 70.5 Å². The fourth-order valence-corrected chi connectivity index (χ4v) is 7.21. The van der Waals surface area contributed by atoms with Gasteiger partial charge in [-0.2, -0.15) is 4.31 Å². The van der Waals surface area contributed by atoms with Crippen LogP contribution in [0.4, 0.5) is 5.69 Å². The lowest BCUT2D eigenvalue weighted by molar-refractivity contribution is 0.0946. The number of aryl methyl sites for hydroxylation is 3. The van der Waals surface area contributed by atoms with Crippen LogP contribution in [0.3, 0.4) is 0 Å². The number of hydrogen-bond donors (Lipinski definition) is 2. The van der Waals surface area contributed by atoms with Crippen LogP contribution in [0.1, 0.15) is 39.9 Å². The third kappa shape index (κ3) is 6.78. The molecule has 0 bridgehead atoms. The Labute approximate surface area is 230 Å². The van der Waals surface area contributed by atoms with Crippen LogP contribution in [-0.2, 0) is 20.0 Å². The number of nitrogens with one attached hydrogen (secondary N) is 2. The van der Waals surface area contributed by atoms with E-state index >= 15 is 0 Å². The highest BCUT2D eigenvalue weighted by Gasteiger charge is 2.27. The number of nitrogens with zero attached hydrogens (tertiary/aromatic N) is 1. The molecule has 1 saturated heterocycles. The number of rotatable bonds is 10. The van der Waals surface area contributed by atoms with Gasteiger partial charge in [0.05, 0.1) is 22.0 Å². The first kappa shape index (κ1) is 28.6. The molecule has 208 valence electrons. The summed E-state index contributed by atoms with van der Waals surface area (Å²) in [7, 11) is -7.41. The second-order valence-corrected chi connectivity index (χ2v) is 13.2. The van der Waals surface area contributed by atoms with Gasteiger partial charge < -0.3 is 10.1 Å². The van der Waals surface area contributed by atoms with Crippen LogP contribution in [0, 0.1) is 20.8 Å². The van der Waals surface area contributed by atoms with Crippen molar-refractivity contribution in [2.45, 2.75) is 43.4 Å². The lowest BCUT2D eigenvalue weighted by Gasteiger charge is -2.16. The zero-order valence-corrected chi connectivity index (χ0v) is 23.9. The van der Waals surface area contributed by atoms with Crippen LogP contribution in [-0.4, -0.2) is 53.3 Å². The number of carbonyl (C=O) groups is 1. The summed E-state index contributed by atoms with van der Waals surface area (Å²) in [6.07, 6.45) is 1.74. The molecule has 0 unspecified atom stereocenters. The lowest BCUT2D eigenvalue weighted by atomic mass is 10.1. The smallest absolute Gasteiger partial charge is 0.262 e. The number of carbonyl (C=O) groups excluding carboxylic acids is 1. The molecule has 3 aromatic rings. The van der Waals surface area contributed by atoms with Crippen LogP contribution < -0.4 is 14.8 Å². The number of benzene rings is 3. The molecule has 39 heavy (non-hydrogen) atoms. The summed E-state index contributed by atoms with van der Waals surface area (Å²) in [5.41, 5.74) is 2.93. The van der Waals surface area contributed by atoms with Gasteiger partial charge >= 0.3 is 0 Å². The molecule has 0 radical (unpaired) electrons. The van der Waals surface area contributed by atoms with Crippen molar-refractivity contribution >= 4 is 31.6 Å². The molecule has 9 nitrogen and oxygen atoms in total. The monoisotopic (exact) mass is 571 g/mol. The Balaban J connectivity index is 1.34. The molecule has 0 aromatic heterocycles. The van der Waals surface area contributed by atoms with Gasteiger partial charge in [-0.05, 0) is 92.8 Å². The topological polar surface area (TPSA) is 122 Å². The van der Waals surface area contributed by atoms with Crippen molar-refractivity contribution in [3.05, 3.63) is 82.9 Å². The van der Waals surface area contributed by atoms with E-state index in [0.717, 1.165) is 24.0 Å². The minimum atomic E-state index is -3.92. The molecule has 11 heteroatoms. The molecule has 1 aliphatic rings. The Morgan fingerprint density at radius 3 is 2.23 bits per heavy atom. The van der Waals surface area contributed by atoms with E-state index in [2.05, 4.69) is 10.0 Å². The van der Waals surface area contributed by atoms with E-state index in [-0.39, 0.29) is 28.5 Å². The summed E-state index contributed by atoms with van der Waals surface area (Å²) in [6, 6.07) is 16.2. The summed E-state index contributed by atoms with van der Waals surface area (Å²) in [5, 5.41) is 2.72. The molecule has 2 N–H and O–H groups in total.